The lowest BCUT2D eigenvalue weighted by atomic mass is 10.0. The van der Waals surface area contributed by atoms with E-state index in [0.29, 0.717) is 11.1 Å². The second-order valence-electron chi connectivity index (χ2n) is 5.04. The van der Waals surface area contributed by atoms with E-state index in [0.717, 1.165) is 22.6 Å². The lowest BCUT2D eigenvalue weighted by molar-refractivity contribution is 0.198. The number of halogens is 1. The summed E-state index contributed by atoms with van der Waals surface area (Å²) in [5.41, 5.74) is 4.89. The van der Waals surface area contributed by atoms with Gasteiger partial charge in [-0.1, -0.05) is 0 Å². The van der Waals surface area contributed by atoms with Gasteiger partial charge in [0, 0.05) is 11.3 Å². The van der Waals surface area contributed by atoms with Crippen LogP contribution in [0.25, 0.3) is 5.69 Å². The van der Waals surface area contributed by atoms with Crippen molar-refractivity contribution in [1.29, 1.82) is 0 Å². The fraction of sp³-hybridized carbons (Fsp3) is 0.400. The number of benzene rings is 1. The minimum absolute atomic E-state index is 0.307. The van der Waals surface area contributed by atoms with Gasteiger partial charge in [0.05, 0.1) is 17.5 Å². The van der Waals surface area contributed by atoms with Crippen LogP contribution in [-0.4, -0.2) is 14.9 Å². The standard InChI is InChI=1S/C15H19FN2O/c1-8-6-15(13(12(5)19)7-14(8)16)18-11(4)9(2)10(3)17-18/h6-7,12,19H,1-5H3. The highest BCUT2D eigenvalue weighted by Gasteiger charge is 2.17. The maximum absolute atomic E-state index is 13.7. The molecule has 19 heavy (non-hydrogen) atoms. The zero-order chi connectivity index (χ0) is 14.3. The van der Waals surface area contributed by atoms with Crippen LogP contribution in [0.5, 0.6) is 0 Å². The Hall–Kier alpha value is -1.68. The number of aliphatic hydroxyl groups excluding tert-OH is 1. The van der Waals surface area contributed by atoms with E-state index in [4.69, 9.17) is 0 Å². The fourth-order valence-electron chi connectivity index (χ4n) is 2.15. The summed E-state index contributed by atoms with van der Waals surface area (Å²) in [4.78, 5) is 0. The minimum Gasteiger partial charge on any atom is -0.389 e. The number of rotatable bonds is 2. The Labute approximate surface area is 112 Å². The molecule has 0 spiro atoms. The number of aromatic nitrogens is 2. The Balaban J connectivity index is 2.73. The van der Waals surface area contributed by atoms with Crippen molar-refractivity contribution in [2.45, 2.75) is 40.7 Å². The summed E-state index contributed by atoms with van der Waals surface area (Å²) in [6, 6.07) is 3.12. The van der Waals surface area contributed by atoms with Crippen LogP contribution in [0.1, 0.15) is 41.1 Å². The van der Waals surface area contributed by atoms with Gasteiger partial charge in [-0.15, -0.1) is 0 Å². The SMILES string of the molecule is Cc1cc(-n2nc(C)c(C)c2C)c(C(C)O)cc1F. The van der Waals surface area contributed by atoms with Crippen LogP contribution in [0.3, 0.4) is 0 Å². The fourth-order valence-corrected chi connectivity index (χ4v) is 2.15. The van der Waals surface area contributed by atoms with Crippen LogP contribution in [0.4, 0.5) is 4.39 Å². The molecule has 3 nitrogen and oxygen atoms in total. The topological polar surface area (TPSA) is 38.0 Å². The molecule has 1 aromatic carbocycles. The van der Waals surface area contributed by atoms with Gasteiger partial charge in [-0.25, -0.2) is 9.07 Å². The summed E-state index contributed by atoms with van der Waals surface area (Å²) in [6.07, 6.45) is -0.741. The van der Waals surface area contributed by atoms with E-state index in [-0.39, 0.29) is 5.82 Å². The Bertz CT molecular complexity index is 630. The number of nitrogens with zero attached hydrogens (tertiary/aromatic N) is 2. The minimum atomic E-state index is -0.741. The van der Waals surface area contributed by atoms with Gasteiger partial charge in [0.1, 0.15) is 5.82 Å². The molecule has 0 bridgehead atoms. The van der Waals surface area contributed by atoms with E-state index in [1.54, 1.807) is 24.6 Å². The van der Waals surface area contributed by atoms with Gasteiger partial charge in [-0.2, -0.15) is 5.10 Å². The Morgan fingerprint density at radius 1 is 1.21 bits per heavy atom. The predicted molar refractivity (Wildman–Crippen MR) is 73.1 cm³/mol. The van der Waals surface area contributed by atoms with E-state index in [9.17, 15) is 9.50 Å². The molecule has 0 amide bonds. The van der Waals surface area contributed by atoms with E-state index >= 15 is 0 Å². The second-order valence-corrected chi connectivity index (χ2v) is 5.04. The first-order valence-corrected chi connectivity index (χ1v) is 6.34. The van der Waals surface area contributed by atoms with Gasteiger partial charge in [0.2, 0.25) is 0 Å². The van der Waals surface area contributed by atoms with Crippen molar-refractivity contribution in [3.8, 4) is 5.69 Å². The van der Waals surface area contributed by atoms with Crippen LogP contribution in [0.2, 0.25) is 0 Å². The van der Waals surface area contributed by atoms with E-state index < -0.39 is 6.10 Å². The molecule has 1 unspecified atom stereocenters. The van der Waals surface area contributed by atoms with Crippen LogP contribution < -0.4 is 0 Å². The molecule has 0 aliphatic heterocycles. The normalized spacial score (nSPS) is 12.8. The smallest absolute Gasteiger partial charge is 0.126 e. The highest BCUT2D eigenvalue weighted by Crippen LogP contribution is 2.27. The summed E-state index contributed by atoms with van der Waals surface area (Å²) in [6.45, 7) is 9.26. The van der Waals surface area contributed by atoms with Crippen molar-refractivity contribution in [3.63, 3.8) is 0 Å². The van der Waals surface area contributed by atoms with Gasteiger partial charge in [-0.3, -0.25) is 0 Å². The zero-order valence-corrected chi connectivity index (χ0v) is 12.0. The van der Waals surface area contributed by atoms with Gasteiger partial charge < -0.3 is 5.11 Å². The lowest BCUT2D eigenvalue weighted by Crippen LogP contribution is -2.07. The third-order valence-corrected chi connectivity index (χ3v) is 3.64. The van der Waals surface area contributed by atoms with Gasteiger partial charge >= 0.3 is 0 Å². The first-order chi connectivity index (χ1) is 8.82. The molecular formula is C15H19FN2O. The number of aliphatic hydroxyl groups is 1. The van der Waals surface area contributed by atoms with E-state index in [1.807, 2.05) is 20.8 Å². The largest absolute Gasteiger partial charge is 0.389 e. The molecule has 102 valence electrons. The van der Waals surface area contributed by atoms with Crippen LogP contribution in [-0.2, 0) is 0 Å². The van der Waals surface area contributed by atoms with Crippen molar-refractivity contribution < 1.29 is 9.50 Å². The van der Waals surface area contributed by atoms with Gasteiger partial charge in [0.25, 0.3) is 0 Å². The van der Waals surface area contributed by atoms with Crippen molar-refractivity contribution in [2.75, 3.05) is 0 Å². The summed E-state index contributed by atoms with van der Waals surface area (Å²) in [5.74, 6) is -0.307. The lowest BCUT2D eigenvalue weighted by Gasteiger charge is -2.15. The Morgan fingerprint density at radius 3 is 2.32 bits per heavy atom. The molecule has 1 aromatic heterocycles. The van der Waals surface area contributed by atoms with E-state index in [2.05, 4.69) is 5.10 Å². The third-order valence-electron chi connectivity index (χ3n) is 3.64. The highest BCUT2D eigenvalue weighted by molar-refractivity contribution is 5.47. The molecule has 0 saturated heterocycles. The van der Waals surface area contributed by atoms with Crippen LogP contribution in [0, 0.1) is 33.5 Å². The Kier molecular flexibility index (Phi) is 3.45. The third kappa shape index (κ3) is 2.28. The number of aryl methyl sites for hydroxylation is 2. The molecule has 2 rings (SSSR count). The van der Waals surface area contributed by atoms with Crippen molar-refractivity contribution in [2.24, 2.45) is 0 Å². The summed E-state index contributed by atoms with van der Waals surface area (Å²) < 4.78 is 15.5. The first kappa shape index (κ1) is 13.7. The van der Waals surface area contributed by atoms with Crippen molar-refractivity contribution >= 4 is 0 Å². The summed E-state index contributed by atoms with van der Waals surface area (Å²) in [5, 5.41) is 14.3. The van der Waals surface area contributed by atoms with Crippen molar-refractivity contribution in [3.05, 3.63) is 46.0 Å². The molecule has 0 aliphatic carbocycles. The molecule has 0 saturated carbocycles. The molecule has 0 fully saturated rings. The van der Waals surface area contributed by atoms with Crippen LogP contribution in [0.15, 0.2) is 12.1 Å². The molecular weight excluding hydrogens is 243 g/mol. The first-order valence-electron chi connectivity index (χ1n) is 6.34. The average molecular weight is 262 g/mol. The molecule has 4 heteroatoms. The molecule has 0 radical (unpaired) electrons. The molecule has 2 aromatic rings. The zero-order valence-electron chi connectivity index (χ0n) is 12.0. The highest BCUT2D eigenvalue weighted by atomic mass is 19.1. The summed E-state index contributed by atoms with van der Waals surface area (Å²) in [7, 11) is 0. The van der Waals surface area contributed by atoms with Gasteiger partial charge in [-0.05, 0) is 57.9 Å². The summed E-state index contributed by atoms with van der Waals surface area (Å²) >= 11 is 0. The number of hydrogen-bond donors (Lipinski definition) is 1. The molecule has 1 atom stereocenters. The maximum atomic E-state index is 13.7. The maximum Gasteiger partial charge on any atom is 0.126 e. The quantitative estimate of drug-likeness (QED) is 0.901. The monoisotopic (exact) mass is 262 g/mol. The molecule has 0 aliphatic rings. The van der Waals surface area contributed by atoms with Gasteiger partial charge in [0.15, 0.2) is 0 Å². The number of hydrogen-bond acceptors (Lipinski definition) is 2. The van der Waals surface area contributed by atoms with Crippen LogP contribution >= 0.6 is 0 Å². The average Bonchev–Trinajstić information content (AvgIpc) is 2.59. The Morgan fingerprint density at radius 2 is 1.84 bits per heavy atom. The van der Waals surface area contributed by atoms with Crippen molar-refractivity contribution in [1.82, 2.24) is 9.78 Å². The van der Waals surface area contributed by atoms with E-state index in [1.165, 1.54) is 6.07 Å². The molecule has 1 heterocycles. The molecule has 1 N–H and O–H groups in total. The predicted octanol–water partition coefficient (Wildman–Crippen LogP) is 3.30. The second kappa shape index (κ2) is 4.78.